The molecule has 1 aliphatic rings. The molecule has 0 radical (unpaired) electrons. The standard InChI is InChI=1S/C13H12F4N2OS/c1-7(8-5-3-4-6-9(8)14)18-11-19-10(20)12(2,21-11)13(15,16)17/h3-7H,1-2H3,(H,18,19,20)/t7?,12-/m0/s1. The van der Waals surface area contributed by atoms with E-state index in [1.54, 1.807) is 13.0 Å². The molecule has 1 saturated heterocycles. The van der Waals surface area contributed by atoms with Crippen LogP contribution in [0.15, 0.2) is 29.3 Å². The first-order valence-electron chi connectivity index (χ1n) is 6.04. The van der Waals surface area contributed by atoms with Gasteiger partial charge in [0.1, 0.15) is 5.82 Å². The zero-order valence-electron chi connectivity index (χ0n) is 11.2. The second kappa shape index (κ2) is 5.32. The van der Waals surface area contributed by atoms with Gasteiger partial charge in [-0.25, -0.2) is 4.39 Å². The quantitative estimate of drug-likeness (QED) is 0.848. The molecule has 3 nitrogen and oxygen atoms in total. The third-order valence-corrected chi connectivity index (χ3v) is 4.39. The van der Waals surface area contributed by atoms with E-state index in [1.807, 2.05) is 0 Å². The molecule has 0 saturated carbocycles. The van der Waals surface area contributed by atoms with Gasteiger partial charge in [0.05, 0.1) is 6.04 Å². The molecule has 2 rings (SSSR count). The van der Waals surface area contributed by atoms with Crippen LogP contribution in [0.25, 0.3) is 0 Å². The Kier molecular flexibility index (Phi) is 4.01. The minimum absolute atomic E-state index is 0.157. The Morgan fingerprint density at radius 3 is 2.48 bits per heavy atom. The number of amides is 1. The van der Waals surface area contributed by atoms with Crippen molar-refractivity contribution in [3.8, 4) is 0 Å². The second-order valence-electron chi connectivity index (χ2n) is 4.72. The average molecular weight is 320 g/mol. The van der Waals surface area contributed by atoms with Gasteiger partial charge in [0.25, 0.3) is 5.91 Å². The van der Waals surface area contributed by atoms with E-state index in [9.17, 15) is 22.4 Å². The van der Waals surface area contributed by atoms with Gasteiger partial charge in [-0.2, -0.15) is 13.2 Å². The molecule has 114 valence electrons. The van der Waals surface area contributed by atoms with E-state index in [0.717, 1.165) is 6.92 Å². The van der Waals surface area contributed by atoms with Crippen LogP contribution >= 0.6 is 11.8 Å². The first kappa shape index (κ1) is 15.8. The van der Waals surface area contributed by atoms with E-state index < -0.39 is 28.7 Å². The van der Waals surface area contributed by atoms with Crippen molar-refractivity contribution in [3.05, 3.63) is 35.6 Å². The lowest BCUT2D eigenvalue weighted by atomic mass is 10.1. The summed E-state index contributed by atoms with van der Waals surface area (Å²) >= 11 is 0.299. The van der Waals surface area contributed by atoms with Crippen LogP contribution in [-0.2, 0) is 4.79 Å². The maximum absolute atomic E-state index is 13.6. The Hall–Kier alpha value is -1.57. The number of rotatable bonds is 2. The normalized spacial score (nSPS) is 26.0. The molecule has 1 aromatic rings. The monoisotopic (exact) mass is 320 g/mol. The van der Waals surface area contributed by atoms with E-state index in [1.165, 1.54) is 18.2 Å². The van der Waals surface area contributed by atoms with Gasteiger partial charge in [-0.1, -0.05) is 30.0 Å². The number of benzene rings is 1. The lowest BCUT2D eigenvalue weighted by Gasteiger charge is -2.21. The summed E-state index contributed by atoms with van der Waals surface area (Å²) < 4.78 is 49.7. The third kappa shape index (κ3) is 2.90. The molecule has 1 amide bonds. The van der Waals surface area contributed by atoms with Gasteiger partial charge in [-0.15, -0.1) is 0 Å². The maximum atomic E-state index is 13.6. The summed E-state index contributed by atoms with van der Waals surface area (Å²) in [6.07, 6.45) is -4.69. The van der Waals surface area contributed by atoms with Crippen LogP contribution < -0.4 is 5.32 Å². The lowest BCUT2D eigenvalue weighted by molar-refractivity contribution is -0.166. The molecule has 0 aromatic heterocycles. The maximum Gasteiger partial charge on any atom is 0.412 e. The van der Waals surface area contributed by atoms with Crippen molar-refractivity contribution in [2.24, 2.45) is 4.99 Å². The Balaban J connectivity index is 2.25. The van der Waals surface area contributed by atoms with Crippen molar-refractivity contribution < 1.29 is 22.4 Å². The highest BCUT2D eigenvalue weighted by Crippen LogP contribution is 2.45. The predicted molar refractivity (Wildman–Crippen MR) is 72.4 cm³/mol. The molecular formula is C13H12F4N2OS. The van der Waals surface area contributed by atoms with Crippen molar-refractivity contribution in [1.82, 2.24) is 5.32 Å². The van der Waals surface area contributed by atoms with Gasteiger partial charge in [-0.3, -0.25) is 9.79 Å². The second-order valence-corrected chi connectivity index (χ2v) is 6.13. The summed E-state index contributed by atoms with van der Waals surface area (Å²) in [5, 5.41) is 1.95. The molecular weight excluding hydrogens is 308 g/mol. The zero-order valence-corrected chi connectivity index (χ0v) is 12.0. The molecule has 1 heterocycles. The van der Waals surface area contributed by atoms with Crippen LogP contribution in [0.3, 0.4) is 0 Å². The highest BCUT2D eigenvalue weighted by molar-refractivity contribution is 8.16. The summed E-state index contributed by atoms with van der Waals surface area (Å²) in [5.74, 6) is -1.67. The van der Waals surface area contributed by atoms with Crippen LogP contribution in [0.4, 0.5) is 17.6 Å². The molecule has 8 heteroatoms. The van der Waals surface area contributed by atoms with Crippen LogP contribution in [0.1, 0.15) is 25.5 Å². The van der Waals surface area contributed by atoms with Crippen LogP contribution in [0, 0.1) is 5.82 Å². The number of hydrogen-bond donors (Lipinski definition) is 1. The van der Waals surface area contributed by atoms with Gasteiger partial charge in [0.15, 0.2) is 9.91 Å². The Bertz CT molecular complexity index is 602. The fourth-order valence-corrected chi connectivity index (χ4v) is 2.79. The number of carbonyl (C=O) groups excluding carboxylic acids is 1. The van der Waals surface area contributed by atoms with Gasteiger partial charge in [0, 0.05) is 5.56 Å². The number of carbonyl (C=O) groups is 1. The molecule has 21 heavy (non-hydrogen) atoms. The van der Waals surface area contributed by atoms with Gasteiger partial charge >= 0.3 is 6.18 Å². The summed E-state index contributed by atoms with van der Waals surface area (Å²) in [4.78, 5) is 15.5. The van der Waals surface area contributed by atoms with Crippen molar-refractivity contribution in [2.75, 3.05) is 0 Å². The van der Waals surface area contributed by atoms with Gasteiger partial charge < -0.3 is 5.32 Å². The number of alkyl halides is 3. The lowest BCUT2D eigenvalue weighted by Crippen LogP contribution is -2.46. The molecule has 1 fully saturated rings. The Labute approximate surface area is 122 Å². The number of amidine groups is 1. The number of hydrogen-bond acceptors (Lipinski definition) is 3. The highest BCUT2D eigenvalue weighted by atomic mass is 32.2. The average Bonchev–Trinajstić information content (AvgIpc) is 2.65. The van der Waals surface area contributed by atoms with E-state index in [0.29, 0.717) is 11.8 Å². The smallest absolute Gasteiger partial charge is 0.304 e. The van der Waals surface area contributed by atoms with Crippen LogP contribution in [0.2, 0.25) is 0 Å². The Morgan fingerprint density at radius 1 is 1.33 bits per heavy atom. The predicted octanol–water partition coefficient (Wildman–Crippen LogP) is 3.43. The minimum atomic E-state index is -4.69. The molecule has 1 unspecified atom stereocenters. The van der Waals surface area contributed by atoms with Crippen LogP contribution in [-0.4, -0.2) is 22.0 Å². The van der Waals surface area contributed by atoms with Crippen molar-refractivity contribution in [1.29, 1.82) is 0 Å². The zero-order chi connectivity index (χ0) is 15.8. The first-order chi connectivity index (χ1) is 9.65. The van der Waals surface area contributed by atoms with Crippen molar-refractivity contribution in [2.45, 2.75) is 30.8 Å². The van der Waals surface area contributed by atoms with Crippen LogP contribution in [0.5, 0.6) is 0 Å². The fourth-order valence-electron chi connectivity index (χ4n) is 1.79. The summed E-state index contributed by atoms with van der Waals surface area (Å²) in [6.45, 7) is 2.34. The minimum Gasteiger partial charge on any atom is -0.304 e. The summed E-state index contributed by atoms with van der Waals surface area (Å²) in [5.41, 5.74) is 0.250. The number of thioether (sulfide) groups is 1. The molecule has 2 atom stereocenters. The number of nitrogens with zero attached hydrogens (tertiary/aromatic N) is 1. The third-order valence-electron chi connectivity index (χ3n) is 3.16. The van der Waals surface area contributed by atoms with Crippen molar-refractivity contribution >= 4 is 22.8 Å². The number of nitrogens with one attached hydrogen (secondary N) is 1. The molecule has 0 bridgehead atoms. The van der Waals surface area contributed by atoms with E-state index >= 15 is 0 Å². The SMILES string of the molecule is CC(N=C1NC(=O)[C@@](C)(C(F)(F)F)S1)c1ccccc1F. The fraction of sp³-hybridized carbons (Fsp3) is 0.385. The largest absolute Gasteiger partial charge is 0.412 e. The van der Waals surface area contributed by atoms with Gasteiger partial charge in [0.2, 0.25) is 0 Å². The summed E-state index contributed by atoms with van der Waals surface area (Å²) in [6, 6.07) is 5.14. The highest BCUT2D eigenvalue weighted by Gasteiger charge is 2.61. The van der Waals surface area contributed by atoms with Gasteiger partial charge in [-0.05, 0) is 19.9 Å². The van der Waals surface area contributed by atoms with E-state index in [-0.39, 0.29) is 10.7 Å². The Morgan fingerprint density at radius 2 is 1.95 bits per heavy atom. The molecule has 0 aliphatic carbocycles. The molecule has 1 N–H and O–H groups in total. The topological polar surface area (TPSA) is 41.5 Å². The molecule has 0 spiro atoms. The first-order valence-corrected chi connectivity index (χ1v) is 6.86. The number of aliphatic imine (C=N–C) groups is 1. The summed E-state index contributed by atoms with van der Waals surface area (Å²) in [7, 11) is 0. The molecule has 1 aromatic carbocycles. The van der Waals surface area contributed by atoms with E-state index in [4.69, 9.17) is 0 Å². The van der Waals surface area contributed by atoms with E-state index in [2.05, 4.69) is 10.3 Å². The van der Waals surface area contributed by atoms with Crippen molar-refractivity contribution in [3.63, 3.8) is 0 Å². The molecule has 1 aliphatic heterocycles. The number of halogens is 4.